The van der Waals surface area contributed by atoms with Crippen molar-refractivity contribution in [1.29, 1.82) is 0 Å². The highest BCUT2D eigenvalue weighted by Gasteiger charge is 2.24. The number of hydrogen-bond acceptors (Lipinski definition) is 5. The Balaban J connectivity index is 2.25. The highest BCUT2D eigenvalue weighted by atomic mass is 35.5. The highest BCUT2D eigenvalue weighted by Crippen LogP contribution is 2.29. The minimum absolute atomic E-state index is 0.0124. The maximum absolute atomic E-state index is 12.2. The number of amides is 1. The van der Waals surface area contributed by atoms with Crippen LogP contribution in [-0.2, 0) is 4.74 Å². The number of hydrogen-bond donors (Lipinski definition) is 0. The van der Waals surface area contributed by atoms with Crippen LogP contribution in [-0.4, -0.2) is 28.8 Å². The first-order chi connectivity index (χ1) is 12.8. The molecule has 1 aliphatic rings. The number of nitro benzene ring substituents is 1. The summed E-state index contributed by atoms with van der Waals surface area (Å²) in [6.07, 6.45) is 1.16. The number of nitrogens with zero attached hydrogens (tertiary/aromatic N) is 3. The molecule has 138 valence electrons. The molecule has 3 rings (SSSR count). The summed E-state index contributed by atoms with van der Waals surface area (Å²) in [7, 11) is 1.27. The van der Waals surface area contributed by atoms with E-state index in [4.69, 9.17) is 16.3 Å². The number of aryl methyl sites for hydroxylation is 1. The van der Waals surface area contributed by atoms with Gasteiger partial charge < -0.3 is 4.74 Å². The van der Waals surface area contributed by atoms with Crippen molar-refractivity contribution in [1.82, 2.24) is 5.01 Å². The Kier molecular flexibility index (Phi) is 4.96. The maximum Gasteiger partial charge on any atom is 0.434 e. The summed E-state index contributed by atoms with van der Waals surface area (Å²) in [5.74, 6) is 0. The SMILES string of the molecule is COC(=O)N1N=C(c2ccc([N+](=O)[O-])c(C)c2)c2cc(Cl)ccc2C=C1C. The van der Waals surface area contributed by atoms with E-state index < -0.39 is 11.0 Å². The molecule has 0 radical (unpaired) electrons. The third-order valence-electron chi connectivity index (χ3n) is 4.18. The molecule has 0 saturated heterocycles. The van der Waals surface area contributed by atoms with E-state index in [0.717, 1.165) is 10.6 Å². The molecule has 1 heterocycles. The van der Waals surface area contributed by atoms with Crippen LogP contribution in [0.3, 0.4) is 0 Å². The summed E-state index contributed by atoms with van der Waals surface area (Å²) >= 11 is 6.17. The Morgan fingerprint density at radius 2 is 1.96 bits per heavy atom. The van der Waals surface area contributed by atoms with Crippen LogP contribution >= 0.6 is 11.6 Å². The molecule has 0 saturated carbocycles. The lowest BCUT2D eigenvalue weighted by Gasteiger charge is -2.16. The van der Waals surface area contributed by atoms with Crippen molar-refractivity contribution in [3.8, 4) is 0 Å². The van der Waals surface area contributed by atoms with Gasteiger partial charge in [-0.15, -0.1) is 0 Å². The molecule has 0 aromatic heterocycles. The first-order valence-electron chi connectivity index (χ1n) is 8.02. The van der Waals surface area contributed by atoms with E-state index in [1.54, 1.807) is 44.2 Å². The standard InChI is InChI=1S/C19H16ClN3O4/c1-11-8-14(5-7-17(11)23(25)26)18-16-10-15(20)6-4-13(16)9-12(2)22(21-18)19(24)27-3/h4-10H,1-3H3. The van der Waals surface area contributed by atoms with Crippen molar-refractivity contribution >= 4 is 35.2 Å². The number of nitro groups is 1. The second-order valence-corrected chi connectivity index (χ2v) is 6.44. The Morgan fingerprint density at radius 1 is 1.22 bits per heavy atom. The summed E-state index contributed by atoms with van der Waals surface area (Å²) in [6.45, 7) is 3.39. The topological polar surface area (TPSA) is 85.0 Å². The highest BCUT2D eigenvalue weighted by molar-refractivity contribution is 6.31. The Labute approximate surface area is 160 Å². The average Bonchev–Trinajstić information content (AvgIpc) is 2.76. The van der Waals surface area contributed by atoms with E-state index in [2.05, 4.69) is 5.10 Å². The first kappa shape index (κ1) is 18.6. The van der Waals surface area contributed by atoms with Crippen LogP contribution in [0, 0.1) is 17.0 Å². The summed E-state index contributed by atoms with van der Waals surface area (Å²) in [5.41, 5.74) is 3.68. The van der Waals surface area contributed by atoms with Crippen LogP contribution in [0.5, 0.6) is 0 Å². The number of hydrazone groups is 1. The molecule has 0 unspecified atom stereocenters. The Bertz CT molecular complexity index is 1010. The second-order valence-electron chi connectivity index (χ2n) is 6.01. The van der Waals surface area contributed by atoms with E-state index in [1.807, 2.05) is 6.07 Å². The van der Waals surface area contributed by atoms with Gasteiger partial charge in [0.25, 0.3) is 5.69 Å². The normalized spacial score (nSPS) is 13.3. The average molecular weight is 386 g/mol. The van der Waals surface area contributed by atoms with Crippen molar-refractivity contribution in [2.24, 2.45) is 5.10 Å². The third kappa shape index (κ3) is 3.54. The largest absolute Gasteiger partial charge is 0.451 e. The van der Waals surface area contributed by atoms with E-state index in [9.17, 15) is 14.9 Å². The van der Waals surface area contributed by atoms with Gasteiger partial charge in [-0.05, 0) is 49.8 Å². The lowest BCUT2D eigenvalue weighted by atomic mass is 9.96. The van der Waals surface area contributed by atoms with Crippen LogP contribution in [0.4, 0.5) is 10.5 Å². The van der Waals surface area contributed by atoms with Crippen molar-refractivity contribution in [2.75, 3.05) is 7.11 Å². The van der Waals surface area contributed by atoms with Crippen LogP contribution in [0.1, 0.15) is 29.2 Å². The number of carbonyl (C=O) groups excluding carboxylic acids is 1. The number of rotatable bonds is 2. The molecule has 2 aromatic rings. The fourth-order valence-corrected chi connectivity index (χ4v) is 3.04. The summed E-state index contributed by atoms with van der Waals surface area (Å²) in [6, 6.07) is 10.0. The van der Waals surface area contributed by atoms with Gasteiger partial charge >= 0.3 is 6.09 Å². The zero-order valence-electron chi connectivity index (χ0n) is 14.9. The maximum atomic E-state index is 12.2. The van der Waals surface area contributed by atoms with Crippen LogP contribution in [0.15, 0.2) is 47.2 Å². The van der Waals surface area contributed by atoms with Crippen LogP contribution in [0.25, 0.3) is 6.08 Å². The van der Waals surface area contributed by atoms with Gasteiger partial charge in [0, 0.05) is 33.5 Å². The number of ether oxygens (including phenoxy) is 1. The lowest BCUT2D eigenvalue weighted by molar-refractivity contribution is -0.385. The quantitative estimate of drug-likeness (QED) is 0.551. The predicted molar refractivity (Wildman–Crippen MR) is 103 cm³/mol. The minimum atomic E-state index is -0.640. The fourth-order valence-electron chi connectivity index (χ4n) is 2.87. The van der Waals surface area contributed by atoms with Crippen molar-refractivity contribution in [3.05, 3.63) is 79.5 Å². The summed E-state index contributed by atoms with van der Waals surface area (Å²) in [5, 5.41) is 17.2. The van der Waals surface area contributed by atoms with Crippen molar-refractivity contribution in [3.63, 3.8) is 0 Å². The van der Waals surface area contributed by atoms with E-state index in [1.165, 1.54) is 13.2 Å². The molecule has 27 heavy (non-hydrogen) atoms. The Morgan fingerprint density at radius 3 is 2.59 bits per heavy atom. The van der Waals surface area contributed by atoms with Gasteiger partial charge in [-0.2, -0.15) is 10.1 Å². The van der Waals surface area contributed by atoms with Gasteiger partial charge in [-0.3, -0.25) is 10.1 Å². The predicted octanol–water partition coefficient (Wildman–Crippen LogP) is 4.75. The van der Waals surface area contributed by atoms with Gasteiger partial charge in [0.15, 0.2) is 0 Å². The molecule has 0 bridgehead atoms. The zero-order valence-corrected chi connectivity index (χ0v) is 15.6. The van der Waals surface area contributed by atoms with Gasteiger partial charge in [0.1, 0.15) is 0 Å². The minimum Gasteiger partial charge on any atom is -0.451 e. The molecular weight excluding hydrogens is 370 g/mol. The van der Waals surface area contributed by atoms with Gasteiger partial charge in [-0.25, -0.2) is 4.79 Å². The van der Waals surface area contributed by atoms with Crippen molar-refractivity contribution < 1.29 is 14.5 Å². The molecular formula is C19H16ClN3O4. The van der Waals surface area contributed by atoms with Crippen LogP contribution in [0.2, 0.25) is 5.02 Å². The van der Waals surface area contributed by atoms with Gasteiger partial charge in [0.05, 0.1) is 17.7 Å². The zero-order chi connectivity index (χ0) is 19.7. The number of halogens is 1. The molecule has 8 heteroatoms. The number of methoxy groups -OCH3 is 1. The molecule has 0 fully saturated rings. The second kappa shape index (κ2) is 7.20. The smallest absolute Gasteiger partial charge is 0.434 e. The van der Waals surface area contributed by atoms with E-state index in [-0.39, 0.29) is 5.69 Å². The van der Waals surface area contributed by atoms with E-state index >= 15 is 0 Å². The number of carbonyl (C=O) groups is 1. The molecule has 2 aromatic carbocycles. The Hall–Kier alpha value is -3.19. The van der Waals surface area contributed by atoms with E-state index in [0.29, 0.717) is 33.1 Å². The molecule has 1 aliphatic heterocycles. The molecule has 0 N–H and O–H groups in total. The molecule has 0 spiro atoms. The first-order valence-corrected chi connectivity index (χ1v) is 8.40. The van der Waals surface area contributed by atoms with Gasteiger partial charge in [-0.1, -0.05) is 17.7 Å². The molecule has 0 atom stereocenters. The monoisotopic (exact) mass is 385 g/mol. The summed E-state index contributed by atoms with van der Waals surface area (Å²) in [4.78, 5) is 22.8. The molecule has 7 nitrogen and oxygen atoms in total. The molecule has 0 aliphatic carbocycles. The van der Waals surface area contributed by atoms with Crippen molar-refractivity contribution in [2.45, 2.75) is 13.8 Å². The van der Waals surface area contributed by atoms with Gasteiger partial charge in [0.2, 0.25) is 0 Å². The summed E-state index contributed by atoms with van der Waals surface area (Å²) < 4.78 is 4.82. The number of allylic oxidation sites excluding steroid dienone is 1. The fraction of sp³-hybridized carbons (Fsp3) is 0.158. The molecule has 1 amide bonds. The number of fused-ring (bicyclic) bond motifs is 1. The lowest BCUT2D eigenvalue weighted by Crippen LogP contribution is -2.25. The third-order valence-corrected chi connectivity index (χ3v) is 4.42. The number of benzene rings is 2. The van der Waals surface area contributed by atoms with Crippen LogP contribution < -0.4 is 0 Å².